The van der Waals surface area contributed by atoms with Crippen LogP contribution in [0, 0.1) is 5.92 Å². The molecule has 1 atom stereocenters. The highest BCUT2D eigenvalue weighted by Gasteiger charge is 2.33. The number of hydrogen-bond donors (Lipinski definition) is 0. The third-order valence-electron chi connectivity index (χ3n) is 1.60. The molecule has 0 aliphatic heterocycles. The van der Waals surface area contributed by atoms with E-state index < -0.39 is 0 Å². The smallest absolute Gasteiger partial charge is 0.324 e. The molecule has 0 aromatic heterocycles. The normalized spacial score (nSPS) is 18.2. The van der Waals surface area contributed by atoms with Crippen molar-refractivity contribution in [2.75, 3.05) is 6.61 Å². The maximum atomic E-state index is 11.0. The summed E-state index contributed by atoms with van der Waals surface area (Å²) in [7, 11) is 0. The summed E-state index contributed by atoms with van der Waals surface area (Å²) < 4.78 is 4.66. The maximum Gasteiger partial charge on any atom is 0.324 e. The van der Waals surface area contributed by atoms with Crippen molar-refractivity contribution in [3.63, 3.8) is 0 Å². The fourth-order valence-electron chi connectivity index (χ4n) is 0.891. The average molecular weight is 180 g/mol. The van der Waals surface area contributed by atoms with Crippen molar-refractivity contribution in [3.8, 4) is 0 Å². The van der Waals surface area contributed by atoms with Crippen LogP contribution in [0.5, 0.6) is 0 Å². The number of nitrogens with zero attached hydrogens (tertiary/aromatic N) is 2. The lowest BCUT2D eigenvalue weighted by Crippen LogP contribution is -2.08. The summed E-state index contributed by atoms with van der Waals surface area (Å²) in [5.41, 5.74) is 8.81. The number of allylic oxidation sites excluding steroid dienone is 1. The first-order valence-corrected chi connectivity index (χ1v) is 3.70. The molecule has 5 heteroatoms. The number of esters is 1. The Bertz CT molecular complexity index is 326. The van der Waals surface area contributed by atoms with Crippen molar-refractivity contribution in [1.82, 2.24) is 0 Å². The molecule has 1 aliphatic rings. The second-order valence-corrected chi connectivity index (χ2v) is 2.65. The van der Waals surface area contributed by atoms with Gasteiger partial charge in [0, 0.05) is 6.92 Å². The molecule has 1 unspecified atom stereocenters. The predicted molar refractivity (Wildman–Crippen MR) is 42.9 cm³/mol. The van der Waals surface area contributed by atoms with Gasteiger partial charge in [0.2, 0.25) is 5.78 Å². The van der Waals surface area contributed by atoms with Gasteiger partial charge in [-0.3, -0.25) is 9.59 Å². The Balaban J connectivity index is 2.29. The van der Waals surface area contributed by atoms with Gasteiger partial charge in [-0.25, -0.2) is 0 Å². The van der Waals surface area contributed by atoms with Gasteiger partial charge in [-0.1, -0.05) is 6.08 Å². The number of rotatable bonds is 4. The zero-order valence-electron chi connectivity index (χ0n) is 7.06. The number of ketones is 1. The summed E-state index contributed by atoms with van der Waals surface area (Å²) in [6.07, 6.45) is 2.49. The molecule has 68 valence electrons. The van der Waals surface area contributed by atoms with Gasteiger partial charge < -0.3 is 10.3 Å². The Morgan fingerprint density at radius 2 is 2.46 bits per heavy atom. The van der Waals surface area contributed by atoms with Gasteiger partial charge in [0.25, 0.3) is 0 Å². The second kappa shape index (κ2) is 3.78. The minimum atomic E-state index is -0.380. The molecule has 0 spiro atoms. The first kappa shape index (κ1) is 9.35. The van der Waals surface area contributed by atoms with Crippen molar-refractivity contribution in [2.45, 2.75) is 6.92 Å². The summed E-state index contributed by atoms with van der Waals surface area (Å²) in [6.45, 7) is 1.44. The Hall–Kier alpha value is -1.74. The maximum absolute atomic E-state index is 11.0. The van der Waals surface area contributed by atoms with Crippen molar-refractivity contribution in [3.05, 3.63) is 17.2 Å². The van der Waals surface area contributed by atoms with Crippen LogP contribution in [-0.4, -0.2) is 29.4 Å². The highest BCUT2D eigenvalue weighted by Crippen LogP contribution is 2.28. The minimum Gasteiger partial charge on any atom is -0.461 e. The van der Waals surface area contributed by atoms with Gasteiger partial charge in [0.15, 0.2) is 0 Å². The van der Waals surface area contributed by atoms with E-state index in [9.17, 15) is 9.59 Å². The van der Waals surface area contributed by atoms with E-state index in [1.807, 2.05) is 0 Å². The third-order valence-corrected chi connectivity index (χ3v) is 1.60. The lowest BCUT2D eigenvalue weighted by molar-refractivity contribution is -0.140. The molecule has 0 heterocycles. The van der Waals surface area contributed by atoms with E-state index in [0.717, 1.165) is 11.8 Å². The van der Waals surface area contributed by atoms with E-state index in [1.54, 1.807) is 6.08 Å². The van der Waals surface area contributed by atoms with Gasteiger partial charge in [-0.05, 0) is 5.57 Å². The van der Waals surface area contributed by atoms with Gasteiger partial charge in [-0.15, -0.1) is 0 Å². The van der Waals surface area contributed by atoms with Crippen LogP contribution in [0.4, 0.5) is 0 Å². The average Bonchev–Trinajstić information content (AvgIpc) is 2.80. The standard InChI is InChI=1S/C8H8N2O3/c1-5(11)13-4-6-2-7(6)8(12)3-10-9/h2-3,7H,4H2,1H3. The van der Waals surface area contributed by atoms with E-state index in [2.05, 4.69) is 9.53 Å². The number of Topliss-reactive ketones (excluding diaryl/α,β-unsaturated/α-hetero) is 1. The molecule has 0 saturated heterocycles. The molecule has 0 aromatic carbocycles. The Morgan fingerprint density at radius 3 is 3.00 bits per heavy atom. The highest BCUT2D eigenvalue weighted by molar-refractivity contribution is 6.29. The number of carbonyl (C=O) groups is 2. The first-order valence-electron chi connectivity index (χ1n) is 3.70. The van der Waals surface area contributed by atoms with Crippen LogP contribution < -0.4 is 0 Å². The molecular weight excluding hydrogens is 172 g/mol. The monoisotopic (exact) mass is 180 g/mol. The highest BCUT2D eigenvalue weighted by atomic mass is 16.5. The molecule has 0 amide bonds. The Kier molecular flexibility index (Phi) is 2.72. The van der Waals surface area contributed by atoms with Crippen LogP contribution >= 0.6 is 0 Å². The van der Waals surface area contributed by atoms with Crippen LogP contribution in [0.15, 0.2) is 11.6 Å². The second-order valence-electron chi connectivity index (χ2n) is 2.65. The van der Waals surface area contributed by atoms with Crippen molar-refractivity contribution in [1.29, 1.82) is 0 Å². The lowest BCUT2D eigenvalue weighted by atomic mass is 10.2. The Morgan fingerprint density at radius 1 is 1.77 bits per heavy atom. The minimum absolute atomic E-state index is 0.144. The molecular formula is C8H8N2O3. The number of carbonyl (C=O) groups excluding carboxylic acids is 2. The van der Waals surface area contributed by atoms with Crippen LogP contribution in [0.25, 0.3) is 5.53 Å². The quantitative estimate of drug-likeness (QED) is 0.200. The van der Waals surface area contributed by atoms with Gasteiger partial charge >= 0.3 is 12.2 Å². The molecule has 0 saturated carbocycles. The first-order chi connectivity index (χ1) is 6.15. The zero-order valence-corrected chi connectivity index (χ0v) is 7.06. The molecule has 0 bridgehead atoms. The van der Waals surface area contributed by atoms with E-state index in [0.29, 0.717) is 0 Å². The van der Waals surface area contributed by atoms with Crippen molar-refractivity contribution in [2.24, 2.45) is 5.92 Å². The molecule has 0 N–H and O–H groups in total. The predicted octanol–water partition coefficient (Wildman–Crippen LogP) is -0.0246. The molecule has 0 aromatic rings. The van der Waals surface area contributed by atoms with E-state index in [-0.39, 0.29) is 24.3 Å². The Labute approximate surface area is 74.6 Å². The summed E-state index contributed by atoms with van der Waals surface area (Å²) in [4.78, 5) is 23.9. The molecule has 0 fully saturated rings. The number of hydrogen-bond acceptors (Lipinski definition) is 3. The van der Waals surface area contributed by atoms with Crippen LogP contribution in [-0.2, 0) is 14.3 Å². The van der Waals surface area contributed by atoms with E-state index in [4.69, 9.17) is 5.53 Å². The molecule has 5 nitrogen and oxygen atoms in total. The summed E-state index contributed by atoms with van der Waals surface area (Å²) in [6, 6.07) is 0. The largest absolute Gasteiger partial charge is 0.461 e. The zero-order chi connectivity index (χ0) is 9.84. The SMILES string of the molecule is CC(=O)OCC1=CC1C(=O)C=[N+]=[N-]. The van der Waals surface area contributed by atoms with Crippen LogP contribution in [0.2, 0.25) is 0 Å². The van der Waals surface area contributed by atoms with Crippen molar-refractivity contribution >= 4 is 18.0 Å². The lowest BCUT2D eigenvalue weighted by Gasteiger charge is -1.96. The van der Waals surface area contributed by atoms with Gasteiger partial charge in [0.1, 0.15) is 6.61 Å². The van der Waals surface area contributed by atoms with E-state index in [1.165, 1.54) is 6.92 Å². The third kappa shape index (κ3) is 2.65. The van der Waals surface area contributed by atoms with Crippen LogP contribution in [0.1, 0.15) is 6.92 Å². The molecule has 1 rings (SSSR count). The summed E-state index contributed by atoms with van der Waals surface area (Å²) in [5.74, 6) is -1.02. The van der Waals surface area contributed by atoms with Gasteiger partial charge in [0.05, 0.1) is 5.92 Å². The number of ether oxygens (including phenoxy) is 1. The fourth-order valence-corrected chi connectivity index (χ4v) is 0.891. The van der Waals surface area contributed by atoms with Crippen molar-refractivity contribution < 1.29 is 19.1 Å². The summed E-state index contributed by atoms with van der Waals surface area (Å²) >= 11 is 0. The summed E-state index contributed by atoms with van der Waals surface area (Å²) in [5, 5.41) is 0. The van der Waals surface area contributed by atoms with E-state index >= 15 is 0 Å². The van der Waals surface area contributed by atoms with Gasteiger partial charge in [-0.2, -0.15) is 4.79 Å². The molecule has 13 heavy (non-hydrogen) atoms. The fraction of sp³-hybridized carbons (Fsp3) is 0.375. The topological polar surface area (TPSA) is 79.8 Å². The van der Waals surface area contributed by atoms with Crippen LogP contribution in [0.3, 0.4) is 0 Å². The molecule has 1 aliphatic carbocycles. The molecule has 0 radical (unpaired) electrons.